The number of benzene rings is 2. The van der Waals surface area contributed by atoms with Gasteiger partial charge in [-0.15, -0.1) is 0 Å². The van der Waals surface area contributed by atoms with Gasteiger partial charge in [0.05, 0.1) is 5.56 Å². The van der Waals surface area contributed by atoms with Gasteiger partial charge in [0.15, 0.2) is 0 Å². The standard InChI is InChI=1S/C16H13ClO2/c1-16(12-6-8-13(17)9-7-12)10-11-4-2-3-5-14(11)15(18)19-16/h2-9H,10H2,1H3. The average Bonchev–Trinajstić information content (AvgIpc) is 2.39. The predicted octanol–water partition coefficient (Wildman–Crippen LogP) is 3.97. The van der Waals surface area contributed by atoms with E-state index in [4.69, 9.17) is 16.3 Å². The lowest BCUT2D eigenvalue weighted by Crippen LogP contribution is -2.36. The zero-order chi connectivity index (χ0) is 13.5. The van der Waals surface area contributed by atoms with Crippen molar-refractivity contribution in [3.8, 4) is 0 Å². The summed E-state index contributed by atoms with van der Waals surface area (Å²) in [5, 5.41) is 0.676. The van der Waals surface area contributed by atoms with Crippen LogP contribution in [-0.2, 0) is 16.8 Å². The molecule has 0 saturated heterocycles. The Bertz CT molecular complexity index is 633. The molecule has 2 nitrogen and oxygen atoms in total. The van der Waals surface area contributed by atoms with Crippen LogP contribution in [0.1, 0.15) is 28.4 Å². The molecule has 3 heteroatoms. The zero-order valence-corrected chi connectivity index (χ0v) is 11.3. The number of halogens is 1. The molecule has 0 radical (unpaired) electrons. The van der Waals surface area contributed by atoms with Gasteiger partial charge in [0.25, 0.3) is 0 Å². The van der Waals surface area contributed by atoms with Gasteiger partial charge in [0.1, 0.15) is 5.60 Å². The largest absolute Gasteiger partial charge is 0.451 e. The normalized spacial score (nSPS) is 21.7. The number of hydrogen-bond donors (Lipinski definition) is 0. The SMILES string of the molecule is CC1(c2ccc(Cl)cc2)Cc2ccccc2C(=O)O1. The molecule has 1 unspecified atom stereocenters. The minimum absolute atomic E-state index is 0.265. The maximum absolute atomic E-state index is 12.1. The number of carbonyl (C=O) groups is 1. The minimum Gasteiger partial charge on any atom is -0.451 e. The van der Waals surface area contributed by atoms with Crippen LogP contribution < -0.4 is 0 Å². The van der Waals surface area contributed by atoms with Crippen molar-refractivity contribution in [3.05, 3.63) is 70.2 Å². The fourth-order valence-corrected chi connectivity index (χ4v) is 2.62. The van der Waals surface area contributed by atoms with Crippen LogP contribution >= 0.6 is 11.6 Å². The van der Waals surface area contributed by atoms with E-state index in [9.17, 15) is 4.79 Å². The number of ether oxygens (including phenoxy) is 1. The Labute approximate surface area is 117 Å². The monoisotopic (exact) mass is 272 g/mol. The molecule has 0 saturated carbocycles. The summed E-state index contributed by atoms with van der Waals surface area (Å²) in [4.78, 5) is 12.1. The van der Waals surface area contributed by atoms with Crippen molar-refractivity contribution >= 4 is 17.6 Å². The van der Waals surface area contributed by atoms with Gasteiger partial charge in [0, 0.05) is 11.4 Å². The maximum Gasteiger partial charge on any atom is 0.339 e. The lowest BCUT2D eigenvalue weighted by molar-refractivity contribution is -0.0182. The van der Waals surface area contributed by atoms with Crippen LogP contribution in [-0.4, -0.2) is 5.97 Å². The van der Waals surface area contributed by atoms with Gasteiger partial charge in [-0.1, -0.05) is 41.9 Å². The molecular formula is C16H13ClO2. The predicted molar refractivity (Wildman–Crippen MR) is 74.4 cm³/mol. The molecule has 0 spiro atoms. The average molecular weight is 273 g/mol. The number of rotatable bonds is 1. The quantitative estimate of drug-likeness (QED) is 0.734. The molecule has 0 aliphatic carbocycles. The van der Waals surface area contributed by atoms with Gasteiger partial charge in [-0.05, 0) is 36.2 Å². The number of hydrogen-bond acceptors (Lipinski definition) is 2. The lowest BCUT2D eigenvalue weighted by Gasteiger charge is -2.34. The Morgan fingerprint density at radius 3 is 2.53 bits per heavy atom. The molecular weight excluding hydrogens is 260 g/mol. The summed E-state index contributed by atoms with van der Waals surface area (Å²) in [6.45, 7) is 1.93. The van der Waals surface area contributed by atoms with E-state index < -0.39 is 5.60 Å². The minimum atomic E-state index is -0.629. The first-order valence-corrected chi connectivity index (χ1v) is 6.54. The molecule has 1 atom stereocenters. The number of fused-ring (bicyclic) bond motifs is 1. The second-order valence-corrected chi connectivity index (χ2v) is 5.40. The smallest absolute Gasteiger partial charge is 0.339 e. The van der Waals surface area contributed by atoms with E-state index >= 15 is 0 Å². The van der Waals surface area contributed by atoms with Crippen molar-refractivity contribution in [1.82, 2.24) is 0 Å². The molecule has 0 N–H and O–H groups in total. The highest BCUT2D eigenvalue weighted by molar-refractivity contribution is 6.30. The lowest BCUT2D eigenvalue weighted by atomic mass is 9.85. The highest BCUT2D eigenvalue weighted by atomic mass is 35.5. The molecule has 96 valence electrons. The summed E-state index contributed by atoms with van der Waals surface area (Å²) >= 11 is 5.90. The molecule has 0 aromatic heterocycles. The third-order valence-corrected chi connectivity index (χ3v) is 3.79. The molecule has 0 bridgehead atoms. The van der Waals surface area contributed by atoms with Crippen molar-refractivity contribution in [1.29, 1.82) is 0 Å². The van der Waals surface area contributed by atoms with Crippen molar-refractivity contribution in [2.75, 3.05) is 0 Å². The second-order valence-electron chi connectivity index (χ2n) is 4.96. The van der Waals surface area contributed by atoms with Crippen LogP contribution in [0.2, 0.25) is 5.02 Å². The summed E-state index contributed by atoms with van der Waals surface area (Å²) < 4.78 is 5.64. The van der Waals surface area contributed by atoms with Crippen LogP contribution in [0.3, 0.4) is 0 Å². The molecule has 3 rings (SSSR count). The highest BCUT2D eigenvalue weighted by Gasteiger charge is 2.37. The van der Waals surface area contributed by atoms with Crippen LogP contribution in [0.5, 0.6) is 0 Å². The first-order chi connectivity index (χ1) is 9.08. The summed E-state index contributed by atoms with van der Waals surface area (Å²) in [7, 11) is 0. The van der Waals surface area contributed by atoms with Crippen LogP contribution in [0.15, 0.2) is 48.5 Å². The molecule has 1 aliphatic heterocycles. The topological polar surface area (TPSA) is 26.3 Å². The summed E-state index contributed by atoms with van der Waals surface area (Å²) in [6.07, 6.45) is 0.677. The molecule has 0 fully saturated rings. The molecule has 2 aromatic rings. The summed E-state index contributed by atoms with van der Waals surface area (Å²) in [5.41, 5.74) is 2.01. The van der Waals surface area contributed by atoms with E-state index in [0.717, 1.165) is 11.1 Å². The molecule has 19 heavy (non-hydrogen) atoms. The molecule has 2 aromatic carbocycles. The van der Waals surface area contributed by atoms with Gasteiger partial charge >= 0.3 is 5.97 Å². The Morgan fingerprint density at radius 2 is 1.79 bits per heavy atom. The van der Waals surface area contributed by atoms with Crippen LogP contribution in [0, 0.1) is 0 Å². The van der Waals surface area contributed by atoms with Crippen molar-refractivity contribution in [2.45, 2.75) is 18.9 Å². The Hall–Kier alpha value is -1.80. The van der Waals surface area contributed by atoms with Gasteiger partial charge in [-0.2, -0.15) is 0 Å². The van der Waals surface area contributed by atoms with E-state index in [1.165, 1.54) is 0 Å². The molecule has 0 amide bonds. The third-order valence-electron chi connectivity index (χ3n) is 3.54. The molecule has 1 aliphatic rings. The summed E-state index contributed by atoms with van der Waals surface area (Å²) in [5.74, 6) is -0.265. The second kappa shape index (κ2) is 4.39. The van der Waals surface area contributed by atoms with Crippen LogP contribution in [0.4, 0.5) is 0 Å². The summed E-state index contributed by atoms with van der Waals surface area (Å²) in [6, 6.07) is 15.0. The maximum atomic E-state index is 12.1. The Kier molecular flexibility index (Phi) is 2.83. The van der Waals surface area contributed by atoms with Crippen molar-refractivity contribution < 1.29 is 9.53 Å². The van der Waals surface area contributed by atoms with Gasteiger partial charge in [-0.25, -0.2) is 4.79 Å². The Balaban J connectivity index is 2.04. The molecule has 1 heterocycles. The zero-order valence-electron chi connectivity index (χ0n) is 10.5. The van der Waals surface area contributed by atoms with E-state index in [0.29, 0.717) is 17.0 Å². The highest BCUT2D eigenvalue weighted by Crippen LogP contribution is 2.36. The van der Waals surface area contributed by atoms with E-state index in [-0.39, 0.29) is 5.97 Å². The van der Waals surface area contributed by atoms with Gasteiger partial charge in [-0.3, -0.25) is 0 Å². The van der Waals surface area contributed by atoms with E-state index in [2.05, 4.69) is 0 Å². The van der Waals surface area contributed by atoms with Crippen molar-refractivity contribution in [3.63, 3.8) is 0 Å². The fourth-order valence-electron chi connectivity index (χ4n) is 2.50. The third kappa shape index (κ3) is 2.13. The first kappa shape index (κ1) is 12.2. The fraction of sp³-hybridized carbons (Fsp3) is 0.188. The number of cyclic esters (lactones) is 1. The van der Waals surface area contributed by atoms with Crippen molar-refractivity contribution in [2.24, 2.45) is 0 Å². The Morgan fingerprint density at radius 1 is 1.11 bits per heavy atom. The number of esters is 1. The van der Waals surface area contributed by atoms with Gasteiger partial charge < -0.3 is 4.74 Å². The number of carbonyl (C=O) groups excluding carboxylic acids is 1. The first-order valence-electron chi connectivity index (χ1n) is 6.16. The van der Waals surface area contributed by atoms with E-state index in [1.807, 2.05) is 49.4 Å². The van der Waals surface area contributed by atoms with E-state index in [1.54, 1.807) is 6.07 Å². The van der Waals surface area contributed by atoms with Crippen LogP contribution in [0.25, 0.3) is 0 Å². The van der Waals surface area contributed by atoms with Gasteiger partial charge in [0.2, 0.25) is 0 Å².